The largest absolute Gasteiger partial charge is 0.457 e. The van der Waals surface area contributed by atoms with E-state index in [2.05, 4.69) is 22.6 Å². The Morgan fingerprint density at radius 1 is 1.30 bits per heavy atom. The van der Waals surface area contributed by atoms with Gasteiger partial charge in [-0.15, -0.1) is 12.3 Å². The Kier molecular flexibility index (Phi) is 7.53. The van der Waals surface area contributed by atoms with Crippen molar-refractivity contribution in [3.8, 4) is 12.3 Å². The summed E-state index contributed by atoms with van der Waals surface area (Å²) in [6.07, 6.45) is 11.3. The van der Waals surface area contributed by atoms with E-state index >= 15 is 0 Å². The molecule has 0 saturated heterocycles. The fourth-order valence-electron chi connectivity index (χ4n) is 1.93. The Labute approximate surface area is 138 Å². The Morgan fingerprint density at radius 2 is 2.00 bits per heavy atom. The molecule has 0 amide bonds. The molecule has 1 rings (SSSR count). The summed E-state index contributed by atoms with van der Waals surface area (Å²) in [7, 11) is 0. The highest BCUT2D eigenvalue weighted by molar-refractivity contribution is 5.88. The molecule has 0 spiro atoms. The van der Waals surface area contributed by atoms with E-state index in [1.807, 2.05) is 20.8 Å². The third-order valence-electron chi connectivity index (χ3n) is 3.03. The van der Waals surface area contributed by atoms with Gasteiger partial charge in [0.1, 0.15) is 5.60 Å². The number of aromatic nitrogens is 2. The lowest BCUT2D eigenvalue weighted by atomic mass is 10.1. The van der Waals surface area contributed by atoms with Gasteiger partial charge in [0.05, 0.1) is 6.42 Å². The SMILES string of the molecule is C#CCCCCCCc1noc(CC(=C)C(=O)OC(C)(C)C)n1. The van der Waals surface area contributed by atoms with Gasteiger partial charge in [0.25, 0.3) is 0 Å². The van der Waals surface area contributed by atoms with Gasteiger partial charge in [-0.3, -0.25) is 0 Å². The Bertz CT molecular complexity index is 562. The van der Waals surface area contributed by atoms with Gasteiger partial charge in [-0.1, -0.05) is 24.6 Å². The fraction of sp³-hybridized carbons (Fsp3) is 0.611. The number of aryl methyl sites for hydroxylation is 1. The van der Waals surface area contributed by atoms with Crippen molar-refractivity contribution >= 4 is 5.97 Å². The summed E-state index contributed by atoms with van der Waals surface area (Å²) in [5, 5.41) is 3.93. The van der Waals surface area contributed by atoms with Gasteiger partial charge in [0.15, 0.2) is 5.82 Å². The second-order valence-electron chi connectivity index (χ2n) is 6.50. The molecule has 5 nitrogen and oxygen atoms in total. The first kappa shape index (κ1) is 19.0. The zero-order valence-electron chi connectivity index (χ0n) is 14.4. The first-order valence-corrected chi connectivity index (χ1v) is 7.98. The first-order chi connectivity index (χ1) is 10.8. The molecule has 23 heavy (non-hydrogen) atoms. The third kappa shape index (κ3) is 8.20. The van der Waals surface area contributed by atoms with Crippen molar-refractivity contribution in [2.45, 2.75) is 71.3 Å². The van der Waals surface area contributed by atoms with E-state index < -0.39 is 11.6 Å². The van der Waals surface area contributed by atoms with Gasteiger partial charge in [0, 0.05) is 18.4 Å². The van der Waals surface area contributed by atoms with Crippen LogP contribution in [-0.4, -0.2) is 21.7 Å². The van der Waals surface area contributed by atoms with Crippen molar-refractivity contribution in [1.82, 2.24) is 10.1 Å². The normalized spacial score (nSPS) is 11.0. The van der Waals surface area contributed by atoms with E-state index in [1.54, 1.807) is 0 Å². The number of esters is 1. The quantitative estimate of drug-likeness (QED) is 0.301. The van der Waals surface area contributed by atoms with Crippen molar-refractivity contribution < 1.29 is 14.1 Å². The molecule has 1 aromatic heterocycles. The fourth-order valence-corrected chi connectivity index (χ4v) is 1.93. The highest BCUT2D eigenvalue weighted by Gasteiger charge is 2.20. The molecule has 1 aromatic rings. The van der Waals surface area contributed by atoms with Crippen LogP contribution in [0.1, 0.15) is 64.6 Å². The average Bonchev–Trinajstić information content (AvgIpc) is 2.88. The minimum Gasteiger partial charge on any atom is -0.457 e. The minimum atomic E-state index is -0.542. The topological polar surface area (TPSA) is 65.2 Å². The predicted octanol–water partition coefficient (Wildman–Crippen LogP) is 3.64. The Morgan fingerprint density at radius 3 is 2.65 bits per heavy atom. The van der Waals surface area contributed by atoms with Crippen LogP contribution >= 0.6 is 0 Å². The number of hydrogen-bond acceptors (Lipinski definition) is 5. The van der Waals surface area contributed by atoms with Gasteiger partial charge in [-0.05, 0) is 33.6 Å². The van der Waals surface area contributed by atoms with Crippen molar-refractivity contribution in [3.05, 3.63) is 23.9 Å². The van der Waals surface area contributed by atoms with E-state index in [-0.39, 0.29) is 6.42 Å². The summed E-state index contributed by atoms with van der Waals surface area (Å²) in [6, 6.07) is 0. The number of ether oxygens (including phenoxy) is 1. The Hall–Kier alpha value is -2.09. The molecule has 1 heterocycles. The van der Waals surface area contributed by atoms with Crippen LogP contribution in [0.2, 0.25) is 0 Å². The highest BCUT2D eigenvalue weighted by atomic mass is 16.6. The molecular formula is C18H26N2O3. The molecule has 5 heteroatoms. The monoisotopic (exact) mass is 318 g/mol. The van der Waals surface area contributed by atoms with Gasteiger partial charge in [0.2, 0.25) is 5.89 Å². The molecule has 0 atom stereocenters. The highest BCUT2D eigenvalue weighted by Crippen LogP contribution is 2.13. The van der Waals surface area contributed by atoms with Gasteiger partial charge >= 0.3 is 5.97 Å². The van der Waals surface area contributed by atoms with Gasteiger partial charge in [-0.25, -0.2) is 4.79 Å². The molecule has 0 N–H and O–H groups in total. The maximum atomic E-state index is 11.8. The van der Waals surface area contributed by atoms with E-state index in [0.717, 1.165) is 38.5 Å². The van der Waals surface area contributed by atoms with E-state index in [9.17, 15) is 4.79 Å². The second kappa shape index (κ2) is 9.14. The summed E-state index contributed by atoms with van der Waals surface area (Å²) in [5.74, 6) is 3.25. The molecule has 0 bridgehead atoms. The van der Waals surface area contributed by atoms with Crippen LogP contribution in [0.15, 0.2) is 16.7 Å². The van der Waals surface area contributed by atoms with Crippen molar-refractivity contribution in [3.63, 3.8) is 0 Å². The molecule has 0 unspecified atom stereocenters. The molecule has 0 radical (unpaired) electrons. The molecular weight excluding hydrogens is 292 g/mol. The number of hydrogen-bond donors (Lipinski definition) is 0. The van der Waals surface area contributed by atoms with Gasteiger partial charge < -0.3 is 9.26 Å². The number of nitrogens with zero attached hydrogens (tertiary/aromatic N) is 2. The summed E-state index contributed by atoms with van der Waals surface area (Å²) in [6.45, 7) is 9.17. The first-order valence-electron chi connectivity index (χ1n) is 7.98. The summed E-state index contributed by atoms with van der Waals surface area (Å²) >= 11 is 0. The van der Waals surface area contributed by atoms with Gasteiger partial charge in [-0.2, -0.15) is 4.98 Å². The average molecular weight is 318 g/mol. The molecule has 0 saturated carbocycles. The van der Waals surface area contributed by atoms with Crippen LogP contribution in [-0.2, 0) is 22.4 Å². The van der Waals surface area contributed by atoms with Crippen LogP contribution in [0.5, 0.6) is 0 Å². The predicted molar refractivity (Wildman–Crippen MR) is 88.6 cm³/mol. The summed E-state index contributed by atoms with van der Waals surface area (Å²) < 4.78 is 10.4. The molecule has 0 aliphatic rings. The number of terminal acetylenes is 1. The number of unbranched alkanes of at least 4 members (excludes halogenated alkanes) is 4. The van der Waals surface area contributed by atoms with Crippen LogP contribution < -0.4 is 0 Å². The van der Waals surface area contributed by atoms with Crippen molar-refractivity contribution in [1.29, 1.82) is 0 Å². The molecule has 0 aliphatic carbocycles. The lowest BCUT2D eigenvalue weighted by molar-refractivity contribution is -0.150. The van der Waals surface area contributed by atoms with Crippen LogP contribution in [0.25, 0.3) is 0 Å². The van der Waals surface area contributed by atoms with Crippen LogP contribution in [0.4, 0.5) is 0 Å². The standard InChI is InChI=1S/C18H26N2O3/c1-6-7-8-9-10-11-12-15-19-16(23-20-15)13-14(2)17(21)22-18(3,4)5/h1H,2,7-13H2,3-5H3. The maximum absolute atomic E-state index is 11.8. The Balaban J connectivity index is 2.34. The van der Waals surface area contributed by atoms with Crippen molar-refractivity contribution in [2.75, 3.05) is 0 Å². The minimum absolute atomic E-state index is 0.212. The van der Waals surface area contributed by atoms with Crippen molar-refractivity contribution in [2.24, 2.45) is 0 Å². The van der Waals surface area contributed by atoms with E-state index in [0.29, 0.717) is 17.3 Å². The second-order valence-corrected chi connectivity index (χ2v) is 6.50. The van der Waals surface area contributed by atoms with Crippen LogP contribution in [0, 0.1) is 12.3 Å². The lowest BCUT2D eigenvalue weighted by Crippen LogP contribution is -2.25. The number of carbonyl (C=O) groups excluding carboxylic acids is 1. The van der Waals surface area contributed by atoms with Crippen LogP contribution in [0.3, 0.4) is 0 Å². The molecule has 0 fully saturated rings. The van der Waals surface area contributed by atoms with E-state index in [4.69, 9.17) is 15.7 Å². The molecule has 0 aliphatic heterocycles. The molecule has 0 aromatic carbocycles. The molecule has 126 valence electrons. The number of carbonyl (C=O) groups is 1. The maximum Gasteiger partial charge on any atom is 0.334 e. The number of rotatable bonds is 9. The zero-order chi connectivity index (χ0) is 17.3. The third-order valence-corrected chi connectivity index (χ3v) is 3.03. The zero-order valence-corrected chi connectivity index (χ0v) is 14.4. The smallest absolute Gasteiger partial charge is 0.334 e. The van der Waals surface area contributed by atoms with E-state index in [1.165, 1.54) is 0 Å². The summed E-state index contributed by atoms with van der Waals surface area (Å²) in [4.78, 5) is 16.1. The lowest BCUT2D eigenvalue weighted by Gasteiger charge is -2.19. The summed E-state index contributed by atoms with van der Waals surface area (Å²) in [5.41, 5.74) is -0.233.